The second-order valence-electron chi connectivity index (χ2n) is 4.77. The Morgan fingerprint density at radius 2 is 2.19 bits per heavy atom. The maximum Gasteiger partial charge on any atom is 0.165 e. The fourth-order valence-corrected chi connectivity index (χ4v) is 2.33. The fourth-order valence-electron chi connectivity index (χ4n) is 2.33. The minimum absolute atomic E-state index is 0.142. The van der Waals surface area contributed by atoms with Crippen molar-refractivity contribution in [1.82, 2.24) is 20.3 Å². The van der Waals surface area contributed by atoms with Crippen molar-refractivity contribution in [3.63, 3.8) is 0 Å². The molecule has 6 heteroatoms. The van der Waals surface area contributed by atoms with Gasteiger partial charge in [-0.1, -0.05) is 25.1 Å². The summed E-state index contributed by atoms with van der Waals surface area (Å²) in [4.78, 5) is 0. The number of nitrogens with one attached hydrogen (secondary N) is 1. The highest BCUT2D eigenvalue weighted by molar-refractivity contribution is 5.34. The van der Waals surface area contributed by atoms with Crippen LogP contribution < -0.4 is 10.1 Å². The molecule has 2 aromatic rings. The van der Waals surface area contributed by atoms with Crippen LogP contribution in [0.1, 0.15) is 37.6 Å². The zero-order valence-electron chi connectivity index (χ0n) is 12.6. The molecule has 2 rings (SSSR count). The fraction of sp³-hybridized carbons (Fsp3) is 0.467. The summed E-state index contributed by atoms with van der Waals surface area (Å²) in [5, 5.41) is 11.4. The molecule has 0 radical (unpaired) electrons. The molecule has 0 aliphatic carbocycles. The summed E-state index contributed by atoms with van der Waals surface area (Å²) in [6, 6.07) is 4.86. The number of halogens is 1. The molecular formula is C15H21FN4O. The third-order valence-electron chi connectivity index (χ3n) is 3.30. The van der Waals surface area contributed by atoms with Crippen molar-refractivity contribution >= 4 is 0 Å². The van der Waals surface area contributed by atoms with E-state index in [1.807, 2.05) is 17.7 Å². The second-order valence-corrected chi connectivity index (χ2v) is 4.77. The number of hydrogen-bond donors (Lipinski definition) is 1. The predicted octanol–water partition coefficient (Wildman–Crippen LogP) is 2.53. The van der Waals surface area contributed by atoms with Crippen molar-refractivity contribution in [2.45, 2.75) is 32.9 Å². The van der Waals surface area contributed by atoms with E-state index in [0.717, 1.165) is 30.8 Å². The number of benzene rings is 1. The molecule has 21 heavy (non-hydrogen) atoms. The van der Waals surface area contributed by atoms with E-state index in [2.05, 4.69) is 22.6 Å². The van der Waals surface area contributed by atoms with Crippen molar-refractivity contribution in [2.24, 2.45) is 0 Å². The Balaban J connectivity index is 2.38. The van der Waals surface area contributed by atoms with Crippen molar-refractivity contribution in [3.8, 4) is 5.75 Å². The van der Waals surface area contributed by atoms with E-state index in [9.17, 15) is 4.39 Å². The average molecular weight is 292 g/mol. The van der Waals surface area contributed by atoms with Gasteiger partial charge in [0.05, 0.1) is 25.0 Å². The number of aryl methyl sites for hydroxylation is 1. The molecule has 0 spiro atoms. The highest BCUT2D eigenvalue weighted by Crippen LogP contribution is 2.26. The average Bonchev–Trinajstić information content (AvgIpc) is 2.93. The molecule has 1 aromatic heterocycles. The van der Waals surface area contributed by atoms with Crippen LogP contribution in [0.25, 0.3) is 0 Å². The molecule has 0 aliphatic heterocycles. The van der Waals surface area contributed by atoms with Crippen LogP contribution in [-0.2, 0) is 6.54 Å². The minimum Gasteiger partial charge on any atom is -0.494 e. The molecule has 1 N–H and O–H groups in total. The number of rotatable bonds is 7. The van der Waals surface area contributed by atoms with Crippen LogP contribution >= 0.6 is 0 Å². The molecule has 114 valence electrons. The van der Waals surface area contributed by atoms with Gasteiger partial charge in [0.15, 0.2) is 11.6 Å². The molecule has 1 atom stereocenters. The Kier molecular flexibility index (Phi) is 5.27. The summed E-state index contributed by atoms with van der Waals surface area (Å²) in [6.07, 6.45) is 2.69. The normalized spacial score (nSPS) is 12.4. The van der Waals surface area contributed by atoms with Gasteiger partial charge in [-0.15, -0.1) is 5.10 Å². The van der Waals surface area contributed by atoms with E-state index in [4.69, 9.17) is 4.74 Å². The Morgan fingerprint density at radius 1 is 1.38 bits per heavy atom. The van der Waals surface area contributed by atoms with Crippen LogP contribution in [-0.4, -0.2) is 28.6 Å². The summed E-state index contributed by atoms with van der Waals surface area (Å²) in [5.74, 6) is -0.124. The van der Waals surface area contributed by atoms with E-state index in [1.54, 1.807) is 12.3 Å². The van der Waals surface area contributed by atoms with E-state index < -0.39 is 0 Å². The smallest absolute Gasteiger partial charge is 0.165 e. The summed E-state index contributed by atoms with van der Waals surface area (Å²) in [7, 11) is 1.46. The number of methoxy groups -OCH3 is 1. The highest BCUT2D eigenvalue weighted by atomic mass is 19.1. The summed E-state index contributed by atoms with van der Waals surface area (Å²) in [5.41, 5.74) is 1.76. The lowest BCUT2D eigenvalue weighted by Crippen LogP contribution is -2.25. The molecule has 0 fully saturated rings. The van der Waals surface area contributed by atoms with Gasteiger partial charge < -0.3 is 10.1 Å². The van der Waals surface area contributed by atoms with E-state index in [-0.39, 0.29) is 17.6 Å². The zero-order valence-corrected chi connectivity index (χ0v) is 12.6. The van der Waals surface area contributed by atoms with Crippen molar-refractivity contribution < 1.29 is 9.13 Å². The van der Waals surface area contributed by atoms with Gasteiger partial charge in [0.2, 0.25) is 0 Å². The first-order chi connectivity index (χ1) is 10.2. The van der Waals surface area contributed by atoms with Gasteiger partial charge in [0.1, 0.15) is 0 Å². The van der Waals surface area contributed by atoms with Crippen molar-refractivity contribution in [3.05, 3.63) is 41.5 Å². The Morgan fingerprint density at radius 3 is 2.81 bits per heavy atom. The number of aromatic nitrogens is 3. The topological polar surface area (TPSA) is 52.0 Å². The maximum atomic E-state index is 14.0. The molecule has 0 saturated carbocycles. The lowest BCUT2D eigenvalue weighted by atomic mass is 10.0. The molecule has 0 aliphatic rings. The first-order valence-corrected chi connectivity index (χ1v) is 7.16. The molecule has 1 heterocycles. The van der Waals surface area contributed by atoms with Crippen LogP contribution in [0.5, 0.6) is 5.75 Å². The first-order valence-electron chi connectivity index (χ1n) is 7.16. The van der Waals surface area contributed by atoms with Gasteiger partial charge in [0, 0.05) is 6.54 Å². The minimum atomic E-state index is -0.368. The quantitative estimate of drug-likeness (QED) is 0.852. The molecule has 0 bridgehead atoms. The van der Waals surface area contributed by atoms with E-state index >= 15 is 0 Å². The Bertz CT molecular complexity index is 585. The molecule has 0 amide bonds. The third kappa shape index (κ3) is 3.39. The van der Waals surface area contributed by atoms with Gasteiger partial charge in [0.25, 0.3) is 0 Å². The summed E-state index contributed by atoms with van der Waals surface area (Å²) >= 11 is 0. The largest absolute Gasteiger partial charge is 0.494 e. The zero-order chi connectivity index (χ0) is 15.2. The second kappa shape index (κ2) is 7.17. The monoisotopic (exact) mass is 292 g/mol. The van der Waals surface area contributed by atoms with E-state index in [1.165, 1.54) is 13.2 Å². The van der Waals surface area contributed by atoms with Crippen LogP contribution in [0.15, 0.2) is 24.4 Å². The van der Waals surface area contributed by atoms with Crippen molar-refractivity contribution in [2.75, 3.05) is 13.7 Å². The van der Waals surface area contributed by atoms with E-state index in [0.29, 0.717) is 0 Å². The number of nitrogens with zero attached hydrogens (tertiary/aromatic N) is 3. The maximum absolute atomic E-state index is 14.0. The van der Waals surface area contributed by atoms with Crippen LogP contribution in [0.4, 0.5) is 4.39 Å². The van der Waals surface area contributed by atoms with Gasteiger partial charge in [-0.25, -0.2) is 9.07 Å². The Hall–Kier alpha value is -1.95. The first kappa shape index (κ1) is 15.4. The molecule has 5 nitrogen and oxygen atoms in total. The molecule has 1 unspecified atom stereocenters. The molecule has 1 aromatic carbocycles. The number of ether oxygens (including phenoxy) is 1. The standard InChI is InChI=1S/C15H21FN4O/c1-4-8-20-13(10-18-19-20)15(17-5-2)11-6-7-14(21-3)12(16)9-11/h6-7,9-10,15,17H,4-5,8H2,1-3H3. The third-order valence-corrected chi connectivity index (χ3v) is 3.30. The highest BCUT2D eigenvalue weighted by Gasteiger charge is 2.19. The van der Waals surface area contributed by atoms with Gasteiger partial charge in [-0.05, 0) is 30.7 Å². The summed E-state index contributed by atoms with van der Waals surface area (Å²) < 4.78 is 20.8. The molecule has 0 saturated heterocycles. The van der Waals surface area contributed by atoms with Gasteiger partial charge >= 0.3 is 0 Å². The summed E-state index contributed by atoms with van der Waals surface area (Å²) in [6.45, 7) is 5.65. The Labute approximate surface area is 124 Å². The number of hydrogen-bond acceptors (Lipinski definition) is 4. The lowest BCUT2D eigenvalue weighted by molar-refractivity contribution is 0.385. The van der Waals surface area contributed by atoms with Crippen LogP contribution in [0.3, 0.4) is 0 Å². The predicted molar refractivity (Wildman–Crippen MR) is 78.8 cm³/mol. The van der Waals surface area contributed by atoms with Crippen LogP contribution in [0.2, 0.25) is 0 Å². The molecular weight excluding hydrogens is 271 g/mol. The van der Waals surface area contributed by atoms with Crippen molar-refractivity contribution in [1.29, 1.82) is 0 Å². The van der Waals surface area contributed by atoms with Gasteiger partial charge in [-0.2, -0.15) is 0 Å². The van der Waals surface area contributed by atoms with Crippen LogP contribution in [0, 0.1) is 5.82 Å². The lowest BCUT2D eigenvalue weighted by Gasteiger charge is -2.19. The van der Waals surface area contributed by atoms with Gasteiger partial charge in [-0.3, -0.25) is 0 Å². The SMILES string of the molecule is CCCn1nncc1C(NCC)c1ccc(OC)c(F)c1.